The maximum Gasteiger partial charge on any atom is 0.409 e. The van der Waals surface area contributed by atoms with Gasteiger partial charge in [-0.25, -0.2) is 4.79 Å². The molecule has 1 aromatic heterocycles. The summed E-state index contributed by atoms with van der Waals surface area (Å²) in [6.07, 6.45) is -0.337. The molecule has 0 atom stereocenters. The van der Waals surface area contributed by atoms with Crippen molar-refractivity contribution in [3.8, 4) is 5.88 Å². The van der Waals surface area contributed by atoms with Crippen LogP contribution in [0.3, 0.4) is 0 Å². The normalized spacial score (nSPS) is 17.4. The summed E-state index contributed by atoms with van der Waals surface area (Å²) in [7, 11) is 1.37. The summed E-state index contributed by atoms with van der Waals surface area (Å²) in [5.41, 5.74) is -0.205. The van der Waals surface area contributed by atoms with Crippen molar-refractivity contribution in [2.45, 2.75) is 6.92 Å². The minimum Gasteiger partial charge on any atom is -0.476 e. The number of piperazine rings is 1. The zero-order chi connectivity index (χ0) is 20.1. The first kappa shape index (κ1) is 20.2. The molecule has 3 rings (SSSR count). The summed E-state index contributed by atoms with van der Waals surface area (Å²) in [4.78, 5) is 37.3. The van der Waals surface area contributed by atoms with Crippen molar-refractivity contribution in [1.82, 2.24) is 14.9 Å². The predicted octanol–water partition coefficient (Wildman–Crippen LogP) is 1.23. The quantitative estimate of drug-likeness (QED) is 0.516. The lowest BCUT2D eigenvalue weighted by Crippen LogP contribution is -2.49. The molecular weight excluding hydrogens is 388 g/mol. The molecular formula is C16H24N6O5S. The molecule has 0 radical (unpaired) electrons. The van der Waals surface area contributed by atoms with Crippen LogP contribution in [0.1, 0.15) is 6.92 Å². The fourth-order valence-corrected chi connectivity index (χ4v) is 4.06. The first-order valence-corrected chi connectivity index (χ1v) is 10.3. The van der Waals surface area contributed by atoms with E-state index in [9.17, 15) is 14.9 Å². The van der Waals surface area contributed by atoms with Gasteiger partial charge in [0.1, 0.15) is 0 Å². The number of thioether (sulfide) groups is 1. The SMILES string of the molecule is CCOC(=O)N1CCN(c2nc(OC)c([N+](=O)[O-])c(N3CCSCC3)n2)CC1. The van der Waals surface area contributed by atoms with Crippen LogP contribution in [0.25, 0.3) is 0 Å². The Hall–Kier alpha value is -2.50. The van der Waals surface area contributed by atoms with Crippen LogP contribution in [-0.2, 0) is 4.74 Å². The van der Waals surface area contributed by atoms with E-state index in [2.05, 4.69) is 9.97 Å². The lowest BCUT2D eigenvalue weighted by atomic mass is 10.3. The van der Waals surface area contributed by atoms with E-state index in [1.54, 1.807) is 11.8 Å². The van der Waals surface area contributed by atoms with Gasteiger partial charge in [-0.1, -0.05) is 0 Å². The minimum absolute atomic E-state index is 0.0453. The van der Waals surface area contributed by atoms with E-state index < -0.39 is 4.92 Å². The predicted molar refractivity (Wildman–Crippen MR) is 106 cm³/mol. The molecule has 3 heterocycles. The number of anilines is 2. The summed E-state index contributed by atoms with van der Waals surface area (Å²) in [5, 5.41) is 11.7. The second-order valence-corrected chi connectivity index (χ2v) is 7.46. The molecule has 0 aliphatic carbocycles. The Labute approximate surface area is 167 Å². The first-order chi connectivity index (χ1) is 13.5. The van der Waals surface area contributed by atoms with Crippen LogP contribution in [0.2, 0.25) is 0 Å². The van der Waals surface area contributed by atoms with E-state index in [1.807, 2.05) is 21.6 Å². The number of carbonyl (C=O) groups is 1. The van der Waals surface area contributed by atoms with E-state index in [0.29, 0.717) is 57.6 Å². The molecule has 2 saturated heterocycles. The molecule has 0 N–H and O–H groups in total. The van der Waals surface area contributed by atoms with Crippen molar-refractivity contribution in [1.29, 1.82) is 0 Å². The number of amides is 1. The molecule has 0 unspecified atom stereocenters. The van der Waals surface area contributed by atoms with Gasteiger partial charge < -0.3 is 24.2 Å². The van der Waals surface area contributed by atoms with E-state index in [0.717, 1.165) is 11.5 Å². The van der Waals surface area contributed by atoms with Crippen LogP contribution in [0, 0.1) is 10.1 Å². The second kappa shape index (κ2) is 9.13. The molecule has 0 aromatic carbocycles. The van der Waals surface area contributed by atoms with Gasteiger partial charge in [0.25, 0.3) is 0 Å². The van der Waals surface area contributed by atoms with Gasteiger partial charge in [-0.15, -0.1) is 0 Å². The van der Waals surface area contributed by atoms with Crippen LogP contribution >= 0.6 is 11.8 Å². The smallest absolute Gasteiger partial charge is 0.409 e. The zero-order valence-corrected chi connectivity index (χ0v) is 16.8. The van der Waals surface area contributed by atoms with Gasteiger partial charge >= 0.3 is 17.7 Å². The maximum atomic E-state index is 11.9. The fraction of sp³-hybridized carbons (Fsp3) is 0.688. The highest BCUT2D eigenvalue weighted by molar-refractivity contribution is 7.99. The third-order valence-corrected chi connectivity index (χ3v) is 5.54. The molecule has 0 bridgehead atoms. The monoisotopic (exact) mass is 412 g/mol. The minimum atomic E-state index is -0.488. The molecule has 2 aliphatic heterocycles. The molecule has 0 spiro atoms. The molecule has 2 fully saturated rings. The van der Waals surface area contributed by atoms with Crippen molar-refractivity contribution < 1.29 is 19.2 Å². The average Bonchev–Trinajstić information content (AvgIpc) is 2.73. The number of rotatable bonds is 5. The number of nitro groups is 1. The summed E-state index contributed by atoms with van der Waals surface area (Å²) >= 11 is 1.81. The Morgan fingerprint density at radius 2 is 1.82 bits per heavy atom. The topological polar surface area (TPSA) is 114 Å². The van der Waals surface area contributed by atoms with Crippen molar-refractivity contribution in [3.63, 3.8) is 0 Å². The molecule has 154 valence electrons. The standard InChI is InChI=1S/C16H24N6O5S/c1-3-27-16(23)21-6-4-20(5-7-21)15-17-13(19-8-10-28-11-9-19)12(22(24)25)14(18-15)26-2/h3-11H2,1-2H3. The van der Waals surface area contributed by atoms with Crippen molar-refractivity contribution in [3.05, 3.63) is 10.1 Å². The summed E-state index contributed by atoms with van der Waals surface area (Å²) < 4.78 is 10.3. The van der Waals surface area contributed by atoms with E-state index in [4.69, 9.17) is 9.47 Å². The summed E-state index contributed by atoms with van der Waals surface area (Å²) in [6, 6.07) is 0. The number of methoxy groups -OCH3 is 1. The van der Waals surface area contributed by atoms with Gasteiger partial charge in [0, 0.05) is 50.8 Å². The Bertz CT molecular complexity index is 722. The molecule has 0 saturated carbocycles. The second-order valence-electron chi connectivity index (χ2n) is 6.23. The Kier molecular flexibility index (Phi) is 6.60. The van der Waals surface area contributed by atoms with Crippen LogP contribution < -0.4 is 14.5 Å². The average molecular weight is 412 g/mol. The van der Waals surface area contributed by atoms with Crippen molar-refractivity contribution in [2.24, 2.45) is 0 Å². The van der Waals surface area contributed by atoms with Gasteiger partial charge in [-0.3, -0.25) is 10.1 Å². The highest BCUT2D eigenvalue weighted by Crippen LogP contribution is 2.37. The van der Waals surface area contributed by atoms with Crippen LogP contribution in [0.15, 0.2) is 0 Å². The molecule has 28 heavy (non-hydrogen) atoms. The maximum absolute atomic E-state index is 11.9. The van der Waals surface area contributed by atoms with Crippen molar-refractivity contribution >= 4 is 35.3 Å². The van der Waals surface area contributed by atoms with Crippen LogP contribution in [0.4, 0.5) is 22.2 Å². The van der Waals surface area contributed by atoms with E-state index >= 15 is 0 Å². The molecule has 2 aliphatic rings. The number of hydrogen-bond acceptors (Lipinski definition) is 10. The number of nitrogens with zero attached hydrogens (tertiary/aromatic N) is 6. The summed E-state index contributed by atoms with van der Waals surface area (Å²) in [5.74, 6) is 2.39. The number of carbonyl (C=O) groups excluding carboxylic acids is 1. The Morgan fingerprint density at radius 1 is 1.14 bits per heavy atom. The first-order valence-electron chi connectivity index (χ1n) is 9.15. The third kappa shape index (κ3) is 4.32. The van der Waals surface area contributed by atoms with Gasteiger partial charge in [0.2, 0.25) is 11.8 Å². The molecule has 12 heteroatoms. The highest BCUT2D eigenvalue weighted by atomic mass is 32.2. The Balaban J connectivity index is 1.85. The number of ether oxygens (including phenoxy) is 2. The van der Waals surface area contributed by atoms with Gasteiger partial charge in [-0.05, 0) is 6.92 Å². The molecule has 11 nitrogen and oxygen atoms in total. The number of aromatic nitrogens is 2. The zero-order valence-electron chi connectivity index (χ0n) is 16.0. The van der Waals surface area contributed by atoms with Crippen LogP contribution in [-0.4, -0.2) is 90.4 Å². The van der Waals surface area contributed by atoms with Gasteiger partial charge in [0.05, 0.1) is 18.6 Å². The number of hydrogen-bond donors (Lipinski definition) is 0. The molecule has 1 amide bonds. The van der Waals surface area contributed by atoms with E-state index in [1.165, 1.54) is 7.11 Å². The largest absolute Gasteiger partial charge is 0.476 e. The molecule has 1 aromatic rings. The van der Waals surface area contributed by atoms with E-state index in [-0.39, 0.29) is 17.7 Å². The highest BCUT2D eigenvalue weighted by Gasteiger charge is 2.32. The van der Waals surface area contributed by atoms with Crippen molar-refractivity contribution in [2.75, 3.05) is 74.3 Å². The lowest BCUT2D eigenvalue weighted by Gasteiger charge is -2.34. The van der Waals surface area contributed by atoms with Crippen LogP contribution in [0.5, 0.6) is 5.88 Å². The third-order valence-electron chi connectivity index (χ3n) is 4.60. The lowest BCUT2D eigenvalue weighted by molar-refractivity contribution is -0.385. The Morgan fingerprint density at radius 3 is 2.39 bits per heavy atom. The summed E-state index contributed by atoms with van der Waals surface area (Å²) in [6.45, 7) is 5.42. The fourth-order valence-electron chi connectivity index (χ4n) is 3.15. The van der Waals surface area contributed by atoms with Gasteiger partial charge in [-0.2, -0.15) is 21.7 Å². The van der Waals surface area contributed by atoms with Gasteiger partial charge in [0.15, 0.2) is 0 Å².